The first-order valence-electron chi connectivity index (χ1n) is 5.15. The van der Waals surface area contributed by atoms with E-state index in [1.165, 1.54) is 6.92 Å². The quantitative estimate of drug-likeness (QED) is 0.785. The van der Waals surface area contributed by atoms with Gasteiger partial charge in [0, 0.05) is 6.42 Å². The number of carbonyl (C=O) groups is 2. The van der Waals surface area contributed by atoms with Crippen molar-refractivity contribution >= 4 is 11.9 Å². The molecule has 1 aromatic rings. The summed E-state index contributed by atoms with van der Waals surface area (Å²) in [5.74, 6) is -1.26. The molecule has 0 aromatic heterocycles. The molecule has 1 amide bonds. The summed E-state index contributed by atoms with van der Waals surface area (Å²) in [4.78, 5) is 21.9. The van der Waals surface area contributed by atoms with Gasteiger partial charge in [-0.1, -0.05) is 30.3 Å². The van der Waals surface area contributed by atoms with Crippen LogP contribution in [0.1, 0.15) is 18.9 Å². The van der Waals surface area contributed by atoms with E-state index in [1.807, 2.05) is 30.3 Å². The van der Waals surface area contributed by atoms with Crippen molar-refractivity contribution < 1.29 is 14.7 Å². The highest BCUT2D eigenvalue weighted by Gasteiger charge is 2.13. The number of amides is 1. The maximum absolute atomic E-state index is 11.4. The number of nitrogens with one attached hydrogen (secondary N) is 1. The normalized spacial score (nSPS) is 11.8. The molecule has 1 aromatic carbocycles. The number of hydrogen-bond acceptors (Lipinski definition) is 2. The van der Waals surface area contributed by atoms with E-state index in [-0.39, 0.29) is 5.91 Å². The molecular formula is C12H15NO3. The summed E-state index contributed by atoms with van der Waals surface area (Å²) in [6.07, 6.45) is 0.931. The molecule has 0 aliphatic carbocycles. The van der Waals surface area contributed by atoms with E-state index in [9.17, 15) is 9.59 Å². The number of carbonyl (C=O) groups excluding carboxylic acids is 1. The van der Waals surface area contributed by atoms with Crippen LogP contribution in [-0.4, -0.2) is 23.0 Å². The highest BCUT2D eigenvalue weighted by Crippen LogP contribution is 2.02. The van der Waals surface area contributed by atoms with E-state index in [4.69, 9.17) is 5.11 Å². The van der Waals surface area contributed by atoms with Gasteiger partial charge in [0.2, 0.25) is 5.91 Å². The van der Waals surface area contributed by atoms with Crippen LogP contribution in [0.3, 0.4) is 0 Å². The van der Waals surface area contributed by atoms with Gasteiger partial charge in [0.15, 0.2) is 0 Å². The molecule has 4 heteroatoms. The summed E-state index contributed by atoms with van der Waals surface area (Å²) >= 11 is 0. The third-order valence-electron chi connectivity index (χ3n) is 2.23. The second-order valence-electron chi connectivity index (χ2n) is 3.61. The van der Waals surface area contributed by atoms with Gasteiger partial charge in [-0.05, 0) is 18.9 Å². The maximum Gasteiger partial charge on any atom is 0.325 e. The standard InChI is InChI=1S/C12H15NO3/c1-9(12(15)16)13-11(14)8-7-10-5-3-2-4-6-10/h2-6,9H,7-8H2,1H3,(H,13,14)(H,15,16)/t9-/m0/s1. The van der Waals surface area contributed by atoms with E-state index < -0.39 is 12.0 Å². The first kappa shape index (κ1) is 12.2. The van der Waals surface area contributed by atoms with Crippen LogP contribution in [0.2, 0.25) is 0 Å². The van der Waals surface area contributed by atoms with Crippen molar-refractivity contribution in [2.24, 2.45) is 0 Å². The second-order valence-corrected chi connectivity index (χ2v) is 3.61. The summed E-state index contributed by atoms with van der Waals surface area (Å²) in [6.45, 7) is 1.45. The molecule has 1 atom stereocenters. The third-order valence-corrected chi connectivity index (χ3v) is 2.23. The smallest absolute Gasteiger partial charge is 0.325 e. The first-order chi connectivity index (χ1) is 7.59. The fourth-order valence-corrected chi connectivity index (χ4v) is 1.28. The zero-order valence-corrected chi connectivity index (χ0v) is 9.14. The molecule has 2 N–H and O–H groups in total. The van der Waals surface area contributed by atoms with Crippen molar-refractivity contribution in [2.45, 2.75) is 25.8 Å². The summed E-state index contributed by atoms with van der Waals surface area (Å²) < 4.78 is 0. The molecule has 0 heterocycles. The zero-order valence-electron chi connectivity index (χ0n) is 9.14. The Morgan fingerprint density at radius 2 is 1.94 bits per heavy atom. The average Bonchev–Trinajstić information content (AvgIpc) is 2.27. The van der Waals surface area contributed by atoms with Gasteiger partial charge in [-0.25, -0.2) is 0 Å². The molecule has 4 nitrogen and oxygen atoms in total. The Morgan fingerprint density at radius 3 is 2.50 bits per heavy atom. The molecule has 0 aliphatic rings. The van der Waals surface area contributed by atoms with Crippen molar-refractivity contribution in [1.82, 2.24) is 5.32 Å². The van der Waals surface area contributed by atoms with Crippen molar-refractivity contribution in [1.29, 1.82) is 0 Å². The predicted octanol–water partition coefficient (Wildman–Crippen LogP) is 1.21. The Balaban J connectivity index is 2.33. The minimum Gasteiger partial charge on any atom is -0.480 e. The minimum atomic E-state index is -1.02. The number of carboxylic acids is 1. The molecule has 0 saturated carbocycles. The Hall–Kier alpha value is -1.84. The Labute approximate surface area is 94.3 Å². The Morgan fingerprint density at radius 1 is 1.31 bits per heavy atom. The van der Waals surface area contributed by atoms with E-state index in [2.05, 4.69) is 5.32 Å². The largest absolute Gasteiger partial charge is 0.480 e. The van der Waals surface area contributed by atoms with Gasteiger partial charge in [0.05, 0.1) is 0 Å². The molecule has 0 fully saturated rings. The molecule has 0 radical (unpaired) electrons. The predicted molar refractivity (Wildman–Crippen MR) is 60.0 cm³/mol. The van der Waals surface area contributed by atoms with Gasteiger partial charge in [0.25, 0.3) is 0 Å². The molecule has 16 heavy (non-hydrogen) atoms. The van der Waals surface area contributed by atoms with Gasteiger partial charge in [-0.3, -0.25) is 9.59 Å². The van der Waals surface area contributed by atoms with Crippen molar-refractivity contribution in [2.75, 3.05) is 0 Å². The lowest BCUT2D eigenvalue weighted by atomic mass is 10.1. The third kappa shape index (κ3) is 4.13. The number of carboxylic acid groups (broad SMARTS) is 1. The molecule has 0 saturated heterocycles. The van der Waals surface area contributed by atoms with Gasteiger partial charge in [0.1, 0.15) is 6.04 Å². The van der Waals surface area contributed by atoms with Crippen LogP contribution in [-0.2, 0) is 16.0 Å². The highest BCUT2D eigenvalue weighted by molar-refractivity contribution is 5.83. The minimum absolute atomic E-state index is 0.237. The van der Waals surface area contributed by atoms with Crippen LogP contribution in [0, 0.1) is 0 Å². The van der Waals surface area contributed by atoms with Crippen LogP contribution in [0.15, 0.2) is 30.3 Å². The molecule has 0 spiro atoms. The van der Waals surface area contributed by atoms with E-state index >= 15 is 0 Å². The first-order valence-corrected chi connectivity index (χ1v) is 5.15. The van der Waals surface area contributed by atoms with E-state index in [0.29, 0.717) is 12.8 Å². The van der Waals surface area contributed by atoms with Crippen LogP contribution in [0.5, 0.6) is 0 Å². The SMILES string of the molecule is C[C@H](NC(=O)CCc1ccccc1)C(=O)O. The Kier molecular flexibility index (Phi) is 4.51. The lowest BCUT2D eigenvalue weighted by molar-refractivity contribution is -0.141. The molecule has 86 valence electrons. The molecule has 0 aliphatic heterocycles. The number of rotatable bonds is 5. The number of aryl methyl sites for hydroxylation is 1. The van der Waals surface area contributed by atoms with Crippen molar-refractivity contribution in [3.05, 3.63) is 35.9 Å². The fraction of sp³-hybridized carbons (Fsp3) is 0.333. The summed E-state index contributed by atoms with van der Waals surface area (Å²) in [6, 6.07) is 8.78. The Bertz CT molecular complexity index is 362. The lowest BCUT2D eigenvalue weighted by Crippen LogP contribution is -2.38. The molecular weight excluding hydrogens is 206 g/mol. The summed E-state index contributed by atoms with van der Waals surface area (Å²) in [5.41, 5.74) is 1.07. The number of aliphatic carboxylic acids is 1. The van der Waals surface area contributed by atoms with Crippen LogP contribution in [0.4, 0.5) is 0 Å². The van der Waals surface area contributed by atoms with Crippen LogP contribution < -0.4 is 5.32 Å². The topological polar surface area (TPSA) is 66.4 Å². The average molecular weight is 221 g/mol. The summed E-state index contributed by atoms with van der Waals surface area (Å²) in [5, 5.41) is 11.0. The second kappa shape index (κ2) is 5.90. The van der Waals surface area contributed by atoms with Crippen molar-refractivity contribution in [3.8, 4) is 0 Å². The molecule has 1 rings (SSSR count). The maximum atomic E-state index is 11.4. The van der Waals surface area contributed by atoms with Crippen LogP contribution >= 0.6 is 0 Å². The monoisotopic (exact) mass is 221 g/mol. The summed E-state index contributed by atoms with van der Waals surface area (Å²) in [7, 11) is 0. The van der Waals surface area contributed by atoms with Crippen molar-refractivity contribution in [3.63, 3.8) is 0 Å². The van der Waals surface area contributed by atoms with E-state index in [0.717, 1.165) is 5.56 Å². The van der Waals surface area contributed by atoms with Gasteiger partial charge in [-0.15, -0.1) is 0 Å². The van der Waals surface area contributed by atoms with Gasteiger partial charge >= 0.3 is 5.97 Å². The fourth-order valence-electron chi connectivity index (χ4n) is 1.28. The lowest BCUT2D eigenvalue weighted by Gasteiger charge is -2.08. The number of benzene rings is 1. The van der Waals surface area contributed by atoms with E-state index in [1.54, 1.807) is 0 Å². The zero-order chi connectivity index (χ0) is 12.0. The van der Waals surface area contributed by atoms with Gasteiger partial charge in [-0.2, -0.15) is 0 Å². The molecule has 0 unspecified atom stereocenters. The molecule has 0 bridgehead atoms. The van der Waals surface area contributed by atoms with Gasteiger partial charge < -0.3 is 10.4 Å². The van der Waals surface area contributed by atoms with Crippen LogP contribution in [0.25, 0.3) is 0 Å². The number of hydrogen-bond donors (Lipinski definition) is 2. The highest BCUT2D eigenvalue weighted by atomic mass is 16.4.